The monoisotopic (exact) mass is 638 g/mol. The van der Waals surface area contributed by atoms with E-state index in [9.17, 15) is 29.7 Å². The SMILES string of the molecule is CC12CCC3c4ccc(O)cc4CCC3C1CC[C@H]2OCCC(=O)CCCOCCOCC(=O)Nc1ccc(O)c(C(N)=O)c1O. The van der Waals surface area contributed by atoms with Crippen LogP contribution in [0.25, 0.3) is 0 Å². The molecule has 5 rings (SSSR count). The van der Waals surface area contributed by atoms with Crippen molar-refractivity contribution in [3.63, 3.8) is 0 Å². The van der Waals surface area contributed by atoms with Gasteiger partial charge in [-0.2, -0.15) is 0 Å². The molecule has 2 amide bonds. The van der Waals surface area contributed by atoms with Gasteiger partial charge in [-0.15, -0.1) is 0 Å². The van der Waals surface area contributed by atoms with Crippen molar-refractivity contribution >= 4 is 23.3 Å². The zero-order valence-corrected chi connectivity index (χ0v) is 26.5. The molecule has 2 aromatic carbocycles. The summed E-state index contributed by atoms with van der Waals surface area (Å²) in [5.74, 6) is -0.328. The minimum atomic E-state index is -1.03. The Morgan fingerprint density at radius 3 is 2.57 bits per heavy atom. The fourth-order valence-corrected chi connectivity index (χ4v) is 8.10. The number of primary amides is 1. The summed E-state index contributed by atoms with van der Waals surface area (Å²) in [6.45, 7) is 3.34. The number of aromatic hydroxyl groups is 3. The first kappa shape index (κ1) is 33.7. The highest BCUT2D eigenvalue weighted by molar-refractivity contribution is 6.02. The van der Waals surface area contributed by atoms with Crippen molar-refractivity contribution in [2.24, 2.45) is 23.0 Å². The molecule has 0 saturated heterocycles. The van der Waals surface area contributed by atoms with Gasteiger partial charge in [0.15, 0.2) is 5.75 Å². The first-order valence-corrected chi connectivity index (χ1v) is 16.3. The zero-order chi connectivity index (χ0) is 32.8. The van der Waals surface area contributed by atoms with Crippen LogP contribution in [0.4, 0.5) is 5.69 Å². The Morgan fingerprint density at radius 2 is 1.76 bits per heavy atom. The summed E-state index contributed by atoms with van der Waals surface area (Å²) in [7, 11) is 0. The molecule has 5 atom stereocenters. The van der Waals surface area contributed by atoms with E-state index in [1.54, 1.807) is 0 Å². The average molecular weight is 639 g/mol. The predicted molar refractivity (Wildman–Crippen MR) is 170 cm³/mol. The number of benzene rings is 2. The Hall–Kier alpha value is -3.67. The molecule has 0 heterocycles. The third-order valence-corrected chi connectivity index (χ3v) is 10.3. The van der Waals surface area contributed by atoms with Gasteiger partial charge in [0, 0.05) is 19.4 Å². The molecular weight excluding hydrogens is 592 g/mol. The summed E-state index contributed by atoms with van der Waals surface area (Å²) in [6.07, 6.45) is 8.30. The lowest BCUT2D eigenvalue weighted by Crippen LogP contribution is -2.44. The lowest BCUT2D eigenvalue weighted by Gasteiger charge is -2.50. The van der Waals surface area contributed by atoms with Crippen molar-refractivity contribution in [1.82, 2.24) is 0 Å². The first-order valence-electron chi connectivity index (χ1n) is 16.3. The van der Waals surface area contributed by atoms with Crippen LogP contribution in [0.3, 0.4) is 0 Å². The molecule has 6 N–H and O–H groups in total. The Morgan fingerprint density at radius 1 is 0.957 bits per heavy atom. The van der Waals surface area contributed by atoms with Gasteiger partial charge in [-0.1, -0.05) is 13.0 Å². The topological polar surface area (TPSA) is 178 Å². The summed E-state index contributed by atoms with van der Waals surface area (Å²) in [6, 6.07) is 8.30. The molecule has 46 heavy (non-hydrogen) atoms. The molecule has 2 fully saturated rings. The number of phenolic OH excluding ortho intramolecular Hbond substituents is 1. The molecule has 0 bridgehead atoms. The van der Waals surface area contributed by atoms with E-state index >= 15 is 0 Å². The molecule has 0 spiro atoms. The molecule has 11 heteroatoms. The molecule has 3 aliphatic rings. The second kappa shape index (κ2) is 14.8. The Labute approximate surface area is 269 Å². The molecule has 3 aliphatic carbocycles. The van der Waals surface area contributed by atoms with Gasteiger partial charge in [0.1, 0.15) is 29.5 Å². The van der Waals surface area contributed by atoms with Crippen LogP contribution in [-0.2, 0) is 30.2 Å². The molecular formula is C35H46N2O9. The molecule has 250 valence electrons. The van der Waals surface area contributed by atoms with Gasteiger partial charge in [0.05, 0.1) is 31.6 Å². The Kier molecular flexibility index (Phi) is 10.9. The standard InChI is InChI=1S/C35H46N2O9/c1-35-14-12-25-24-7-5-23(39)19-21(24)4-6-26(25)27(35)8-11-30(35)46-16-13-22(38)3-2-15-44-17-18-45-20-31(41)37-28-9-10-29(40)32(33(28)42)34(36)43/h5,7,9-10,19,25-27,30,39-40,42H,2-4,6,8,11-18,20H2,1H3,(H2,36,43)(H,37,41)/t25?,26?,27?,30-,35?/m1/s1. The highest BCUT2D eigenvalue weighted by Gasteiger charge is 2.55. The molecule has 11 nitrogen and oxygen atoms in total. The number of anilines is 1. The van der Waals surface area contributed by atoms with Crippen molar-refractivity contribution < 1.29 is 43.9 Å². The molecule has 2 saturated carbocycles. The van der Waals surface area contributed by atoms with Crippen LogP contribution in [0.1, 0.15) is 85.7 Å². The first-order chi connectivity index (χ1) is 22.1. The quantitative estimate of drug-likeness (QED) is 0.106. The van der Waals surface area contributed by atoms with Crippen molar-refractivity contribution in [3.8, 4) is 17.2 Å². The smallest absolute Gasteiger partial charge is 0.256 e. The van der Waals surface area contributed by atoms with E-state index in [-0.39, 0.29) is 42.8 Å². The summed E-state index contributed by atoms with van der Waals surface area (Å²) >= 11 is 0. The maximum atomic E-state index is 12.5. The molecule has 0 aliphatic heterocycles. The van der Waals surface area contributed by atoms with Crippen LogP contribution in [-0.4, -0.2) is 72.1 Å². The van der Waals surface area contributed by atoms with E-state index in [1.165, 1.54) is 30.0 Å². The Bertz CT molecular complexity index is 1430. The number of hydrogen-bond donors (Lipinski definition) is 5. The molecule has 0 radical (unpaired) electrons. The van der Waals surface area contributed by atoms with Gasteiger partial charge in [-0.25, -0.2) is 0 Å². The van der Waals surface area contributed by atoms with Gasteiger partial charge in [-0.05, 0) is 104 Å². The number of fused-ring (bicyclic) bond motifs is 5. The maximum Gasteiger partial charge on any atom is 0.256 e. The fraction of sp³-hybridized carbons (Fsp3) is 0.571. The number of phenols is 3. The van der Waals surface area contributed by atoms with Crippen LogP contribution in [0.5, 0.6) is 17.2 Å². The zero-order valence-electron chi connectivity index (χ0n) is 26.5. The summed E-state index contributed by atoms with van der Waals surface area (Å²) in [5.41, 5.74) is 7.48. The number of rotatable bonds is 15. The van der Waals surface area contributed by atoms with Crippen molar-refractivity contribution in [2.45, 2.75) is 76.7 Å². The van der Waals surface area contributed by atoms with Crippen LogP contribution < -0.4 is 11.1 Å². The number of Topliss-reactive ketones (excluding diaryl/α,β-unsaturated/α-hetero) is 1. The number of nitrogens with one attached hydrogen (secondary N) is 1. The molecule has 4 unspecified atom stereocenters. The lowest BCUT2D eigenvalue weighted by molar-refractivity contribution is -0.123. The maximum absolute atomic E-state index is 12.5. The number of hydrogen-bond acceptors (Lipinski definition) is 9. The van der Waals surface area contributed by atoms with Crippen molar-refractivity contribution in [1.29, 1.82) is 0 Å². The van der Waals surface area contributed by atoms with E-state index in [0.717, 1.165) is 31.7 Å². The second-order valence-electron chi connectivity index (χ2n) is 13.1. The van der Waals surface area contributed by atoms with Crippen LogP contribution in [0.2, 0.25) is 0 Å². The van der Waals surface area contributed by atoms with E-state index in [4.69, 9.17) is 19.9 Å². The third-order valence-electron chi connectivity index (χ3n) is 10.3. The largest absolute Gasteiger partial charge is 0.508 e. The van der Waals surface area contributed by atoms with Crippen LogP contribution >= 0.6 is 0 Å². The van der Waals surface area contributed by atoms with Gasteiger partial charge in [-0.3, -0.25) is 14.4 Å². The van der Waals surface area contributed by atoms with Gasteiger partial charge in [0.25, 0.3) is 5.91 Å². The van der Waals surface area contributed by atoms with Gasteiger partial charge in [0.2, 0.25) is 5.91 Å². The summed E-state index contributed by atoms with van der Waals surface area (Å²) in [4.78, 5) is 35.9. The number of carbonyl (C=O) groups excluding carboxylic acids is 3. The number of ketones is 1. The van der Waals surface area contributed by atoms with Crippen LogP contribution in [0.15, 0.2) is 30.3 Å². The molecule has 2 aromatic rings. The van der Waals surface area contributed by atoms with E-state index in [1.807, 2.05) is 12.1 Å². The Balaban J connectivity index is 0.925. The minimum absolute atomic E-state index is 0.0747. The predicted octanol–water partition coefficient (Wildman–Crippen LogP) is 4.55. The van der Waals surface area contributed by atoms with Crippen molar-refractivity contribution in [2.75, 3.05) is 38.4 Å². The summed E-state index contributed by atoms with van der Waals surface area (Å²) in [5, 5.41) is 32.0. The number of ether oxygens (including phenoxy) is 3. The lowest BCUT2D eigenvalue weighted by atomic mass is 9.55. The highest BCUT2D eigenvalue weighted by atomic mass is 16.5. The third kappa shape index (κ3) is 7.48. The number of nitrogens with two attached hydrogens (primary N) is 1. The average Bonchev–Trinajstić information content (AvgIpc) is 3.35. The van der Waals surface area contributed by atoms with Crippen LogP contribution in [0, 0.1) is 17.3 Å². The normalized spacial score (nSPS) is 24.9. The van der Waals surface area contributed by atoms with E-state index in [0.29, 0.717) is 56.0 Å². The van der Waals surface area contributed by atoms with E-state index in [2.05, 4.69) is 18.3 Å². The number of aryl methyl sites for hydroxylation is 1. The fourth-order valence-electron chi connectivity index (χ4n) is 8.10. The van der Waals surface area contributed by atoms with Crippen molar-refractivity contribution in [3.05, 3.63) is 47.0 Å². The van der Waals surface area contributed by atoms with Gasteiger partial charge >= 0.3 is 0 Å². The minimum Gasteiger partial charge on any atom is -0.508 e. The highest BCUT2D eigenvalue weighted by Crippen LogP contribution is 2.61. The molecule has 0 aromatic heterocycles. The van der Waals surface area contributed by atoms with E-state index < -0.39 is 28.9 Å². The summed E-state index contributed by atoms with van der Waals surface area (Å²) < 4.78 is 17.2. The number of amides is 2. The number of carbonyl (C=O) groups is 3. The van der Waals surface area contributed by atoms with Gasteiger partial charge < -0.3 is 40.6 Å². The second-order valence-corrected chi connectivity index (χ2v) is 13.1.